The second kappa shape index (κ2) is 14.6. The molecular formula is C26H31F3N6O9S. The summed E-state index contributed by atoms with van der Waals surface area (Å²) in [6.07, 6.45) is -4.73. The zero-order chi connectivity index (χ0) is 33.5. The summed E-state index contributed by atoms with van der Waals surface area (Å²) >= 11 is 0. The number of Topliss-reactive ketones (excluding diaryl/α,β-unsaturated/α-hetero) is 1. The Morgan fingerprint density at radius 2 is 1.84 bits per heavy atom. The van der Waals surface area contributed by atoms with Crippen LogP contribution in [0.25, 0.3) is 11.4 Å². The van der Waals surface area contributed by atoms with E-state index in [1.54, 1.807) is 56.3 Å². The van der Waals surface area contributed by atoms with E-state index in [2.05, 4.69) is 24.8 Å². The van der Waals surface area contributed by atoms with Gasteiger partial charge in [-0.2, -0.15) is 21.6 Å². The highest BCUT2D eigenvalue weighted by molar-refractivity contribution is 7.87. The number of ketones is 1. The van der Waals surface area contributed by atoms with Crippen molar-refractivity contribution in [3.8, 4) is 11.4 Å². The molecule has 3 atom stereocenters. The van der Waals surface area contributed by atoms with Gasteiger partial charge in [0.1, 0.15) is 11.5 Å². The van der Waals surface area contributed by atoms with Crippen LogP contribution in [0.1, 0.15) is 23.8 Å². The average Bonchev–Trinajstić information content (AvgIpc) is 2.99. The van der Waals surface area contributed by atoms with Crippen LogP contribution in [0.2, 0.25) is 0 Å². The lowest BCUT2D eigenvalue weighted by molar-refractivity contribution is -0.146. The van der Waals surface area contributed by atoms with E-state index in [0.29, 0.717) is 5.56 Å². The van der Waals surface area contributed by atoms with E-state index in [-0.39, 0.29) is 43.6 Å². The maximum absolute atomic E-state index is 13.7. The van der Waals surface area contributed by atoms with Crippen LogP contribution in [0.15, 0.2) is 36.4 Å². The summed E-state index contributed by atoms with van der Waals surface area (Å²) in [5.74, 6) is -3.81. The van der Waals surface area contributed by atoms with Crippen LogP contribution in [0, 0.1) is 0 Å². The molecule has 0 aliphatic carbocycles. The van der Waals surface area contributed by atoms with Crippen molar-refractivity contribution in [1.29, 1.82) is 0 Å². The Morgan fingerprint density at radius 3 is 2.42 bits per heavy atom. The fraction of sp³-hybridized carbons (Fsp3) is 0.462. The second-order valence-corrected chi connectivity index (χ2v) is 11.4. The van der Waals surface area contributed by atoms with Crippen LogP contribution in [0.4, 0.5) is 23.8 Å². The van der Waals surface area contributed by atoms with Gasteiger partial charge in [0.2, 0.25) is 0 Å². The Morgan fingerprint density at radius 1 is 1.18 bits per heavy atom. The van der Waals surface area contributed by atoms with Crippen LogP contribution in [-0.4, -0.2) is 116 Å². The van der Waals surface area contributed by atoms with Gasteiger partial charge in [-0.25, -0.2) is 23.7 Å². The molecule has 15 nitrogen and oxygen atoms in total. The molecule has 1 fully saturated rings. The number of carboxylic acid groups (broad SMARTS) is 1. The van der Waals surface area contributed by atoms with Crippen LogP contribution < -0.4 is 15.5 Å². The highest BCUT2D eigenvalue weighted by Crippen LogP contribution is 2.27. The van der Waals surface area contributed by atoms with Crippen molar-refractivity contribution in [3.63, 3.8) is 0 Å². The van der Waals surface area contributed by atoms with Crippen LogP contribution in [-0.2, 0) is 28.6 Å². The van der Waals surface area contributed by atoms with Gasteiger partial charge in [-0.3, -0.25) is 9.59 Å². The first-order chi connectivity index (χ1) is 21.0. The zero-order valence-corrected chi connectivity index (χ0v) is 25.1. The van der Waals surface area contributed by atoms with Gasteiger partial charge in [0.15, 0.2) is 17.7 Å². The number of aromatic nitrogens is 2. The lowest BCUT2D eigenvalue weighted by Crippen LogP contribution is -2.60. The highest BCUT2D eigenvalue weighted by Gasteiger charge is 2.50. The van der Waals surface area contributed by atoms with Gasteiger partial charge >= 0.3 is 27.7 Å². The molecule has 3 rings (SSSR count). The number of benzene rings is 1. The standard InChI is InChI=1S/C26H31F3N6O9S/c1-4-43-25(40)35-11-10-30-18(14-35)21(36)16(12-19(24(38)39)44-45(41,42)26(27,28)29)32-23(37)17-13-20(34(2)3)33-22(31-17)15-8-6-5-7-9-15/h5-9,13,16,18-19,30H,4,10-12,14H2,1-3H3,(H,32,37)(H,38,39). The minimum absolute atomic E-state index is 0.0320. The molecule has 0 spiro atoms. The van der Waals surface area contributed by atoms with Gasteiger partial charge in [0.05, 0.1) is 18.7 Å². The van der Waals surface area contributed by atoms with Gasteiger partial charge in [0, 0.05) is 51.8 Å². The number of halogens is 3. The average molecular weight is 661 g/mol. The smallest absolute Gasteiger partial charge is 0.479 e. The largest absolute Gasteiger partial charge is 0.523 e. The summed E-state index contributed by atoms with van der Waals surface area (Å²) in [4.78, 5) is 62.6. The third-order valence-electron chi connectivity index (χ3n) is 6.38. The number of carboxylic acids is 1. The third-order valence-corrected chi connectivity index (χ3v) is 7.43. The first-order valence-electron chi connectivity index (χ1n) is 13.4. The Bertz CT molecular complexity index is 1510. The fourth-order valence-electron chi connectivity index (χ4n) is 4.14. The number of rotatable bonds is 12. The summed E-state index contributed by atoms with van der Waals surface area (Å²) < 4.78 is 71.2. The van der Waals surface area contributed by atoms with E-state index >= 15 is 0 Å². The Balaban J connectivity index is 1.99. The van der Waals surface area contributed by atoms with Crippen molar-refractivity contribution in [2.75, 3.05) is 45.2 Å². The van der Waals surface area contributed by atoms with Gasteiger partial charge in [-0.1, -0.05) is 30.3 Å². The van der Waals surface area contributed by atoms with Crippen molar-refractivity contribution in [3.05, 3.63) is 42.1 Å². The highest BCUT2D eigenvalue weighted by atomic mass is 32.2. The van der Waals surface area contributed by atoms with Gasteiger partial charge in [-0.15, -0.1) is 0 Å². The molecule has 1 aliphatic heterocycles. The van der Waals surface area contributed by atoms with Gasteiger partial charge in [-0.05, 0) is 6.92 Å². The van der Waals surface area contributed by atoms with Gasteiger partial charge < -0.3 is 30.3 Å². The minimum Gasteiger partial charge on any atom is -0.479 e. The molecule has 1 saturated heterocycles. The number of aliphatic carboxylic acids is 1. The van der Waals surface area contributed by atoms with Crippen molar-refractivity contribution in [2.24, 2.45) is 0 Å². The molecule has 1 aliphatic rings. The van der Waals surface area contributed by atoms with E-state index in [1.165, 1.54) is 11.0 Å². The molecule has 0 radical (unpaired) electrons. The molecule has 0 saturated carbocycles. The van der Waals surface area contributed by atoms with Crippen molar-refractivity contribution < 1.29 is 54.8 Å². The number of hydrogen-bond donors (Lipinski definition) is 3. The number of piperazine rings is 1. The van der Waals surface area contributed by atoms with E-state index in [0.717, 1.165) is 0 Å². The Labute approximate surface area is 255 Å². The third kappa shape index (κ3) is 9.08. The number of nitrogens with zero attached hydrogens (tertiary/aromatic N) is 4. The Hall–Kier alpha value is -4.36. The number of anilines is 1. The number of carbonyl (C=O) groups is 4. The van der Waals surface area contributed by atoms with Gasteiger partial charge in [0.25, 0.3) is 5.91 Å². The molecule has 2 aromatic rings. The second-order valence-electron chi connectivity index (χ2n) is 9.83. The Kier molecular flexibility index (Phi) is 11.4. The van der Waals surface area contributed by atoms with E-state index in [4.69, 9.17) is 4.74 Å². The maximum atomic E-state index is 13.7. The summed E-state index contributed by atoms with van der Waals surface area (Å²) in [6, 6.07) is 6.55. The van der Waals surface area contributed by atoms with Crippen molar-refractivity contribution in [2.45, 2.75) is 37.0 Å². The van der Waals surface area contributed by atoms with E-state index in [9.17, 15) is 45.9 Å². The number of hydrogen-bond acceptors (Lipinski definition) is 12. The SMILES string of the molecule is CCOC(=O)N1CCNC(C(=O)C(CC(OS(=O)(=O)C(F)(F)F)C(=O)O)NC(=O)c2cc(N(C)C)nc(-c3ccccc3)n2)C1. The molecule has 2 amide bonds. The van der Waals surface area contributed by atoms with Crippen LogP contribution in [0.3, 0.4) is 0 Å². The normalized spacial score (nSPS) is 16.8. The molecule has 3 unspecified atom stereocenters. The van der Waals surface area contributed by atoms with Crippen LogP contribution >= 0.6 is 0 Å². The van der Waals surface area contributed by atoms with Crippen LogP contribution in [0.5, 0.6) is 0 Å². The molecule has 0 bridgehead atoms. The summed E-state index contributed by atoms with van der Waals surface area (Å²) in [6.45, 7) is 1.48. The topological polar surface area (TPSA) is 197 Å². The number of carbonyl (C=O) groups excluding carboxylic acids is 3. The summed E-state index contributed by atoms with van der Waals surface area (Å²) in [5, 5.41) is 14.6. The van der Waals surface area contributed by atoms with Crippen molar-refractivity contribution >= 4 is 39.7 Å². The lowest BCUT2D eigenvalue weighted by atomic mass is 9.97. The number of nitrogens with one attached hydrogen (secondary N) is 2. The summed E-state index contributed by atoms with van der Waals surface area (Å²) in [5.41, 5.74) is -5.75. The summed E-state index contributed by atoms with van der Waals surface area (Å²) in [7, 11) is -3.15. The number of ether oxygens (including phenoxy) is 1. The van der Waals surface area contributed by atoms with E-state index < -0.39 is 64.0 Å². The number of amides is 2. The molecule has 45 heavy (non-hydrogen) atoms. The minimum atomic E-state index is -6.41. The molecule has 1 aromatic carbocycles. The fourth-order valence-corrected chi connectivity index (χ4v) is 4.72. The molecule has 3 N–H and O–H groups in total. The lowest BCUT2D eigenvalue weighted by Gasteiger charge is -2.34. The predicted octanol–water partition coefficient (Wildman–Crippen LogP) is 1.02. The predicted molar refractivity (Wildman–Crippen MR) is 151 cm³/mol. The molecule has 1 aromatic heterocycles. The first-order valence-corrected chi connectivity index (χ1v) is 14.8. The number of alkyl halides is 3. The quantitative estimate of drug-likeness (QED) is 0.216. The molecule has 246 valence electrons. The first kappa shape index (κ1) is 35.1. The van der Waals surface area contributed by atoms with E-state index in [1.807, 2.05) is 0 Å². The van der Waals surface area contributed by atoms with Crippen molar-refractivity contribution in [1.82, 2.24) is 25.5 Å². The molecular weight excluding hydrogens is 629 g/mol. The molecule has 19 heteroatoms. The zero-order valence-electron chi connectivity index (χ0n) is 24.3. The maximum Gasteiger partial charge on any atom is 0.523 e. The molecule has 2 heterocycles. The monoisotopic (exact) mass is 660 g/mol.